The Bertz CT molecular complexity index is 516. The van der Waals surface area contributed by atoms with Crippen LogP contribution in [0.2, 0.25) is 0 Å². The number of nitrogens with zero attached hydrogens (tertiary/aromatic N) is 1. The fraction of sp³-hybridized carbons (Fsp3) is 0.357. The normalized spacial score (nSPS) is 18.9. The molecule has 1 atom stereocenters. The van der Waals surface area contributed by atoms with Crippen molar-refractivity contribution in [1.82, 2.24) is 4.98 Å². The molecule has 1 aliphatic carbocycles. The van der Waals surface area contributed by atoms with Gasteiger partial charge < -0.3 is 5.11 Å². The molecule has 0 amide bonds. The molecule has 17 heavy (non-hydrogen) atoms. The van der Waals surface area contributed by atoms with Crippen LogP contribution in [0.4, 0.5) is 0 Å². The lowest BCUT2D eigenvalue weighted by Gasteiger charge is -2.07. The van der Waals surface area contributed by atoms with E-state index in [0.717, 1.165) is 16.3 Å². The summed E-state index contributed by atoms with van der Waals surface area (Å²) in [6.45, 7) is 2.24. The van der Waals surface area contributed by atoms with E-state index in [4.69, 9.17) is 0 Å². The number of aromatic nitrogens is 1. The lowest BCUT2D eigenvalue weighted by atomic mass is 10.1. The molecule has 1 aromatic heterocycles. The van der Waals surface area contributed by atoms with Gasteiger partial charge in [0.15, 0.2) is 0 Å². The number of aliphatic hydroxyl groups is 1. The van der Waals surface area contributed by atoms with Gasteiger partial charge in [0.25, 0.3) is 0 Å². The number of thiazole rings is 1. The minimum atomic E-state index is -0.586. The molecule has 3 rings (SSSR count). The lowest BCUT2D eigenvalue weighted by Crippen LogP contribution is -2.03. The Kier molecular flexibility index (Phi) is 2.53. The molecule has 1 aromatic carbocycles. The quantitative estimate of drug-likeness (QED) is 0.900. The molecule has 88 valence electrons. The summed E-state index contributed by atoms with van der Waals surface area (Å²) in [6.07, 6.45) is 1.85. The second kappa shape index (κ2) is 3.93. The second-order valence-electron chi connectivity index (χ2n) is 4.94. The monoisotopic (exact) mass is 245 g/mol. The highest BCUT2D eigenvalue weighted by atomic mass is 32.1. The van der Waals surface area contributed by atoms with Crippen LogP contribution in [0.5, 0.6) is 0 Å². The van der Waals surface area contributed by atoms with Gasteiger partial charge in [-0.1, -0.05) is 37.3 Å². The van der Waals surface area contributed by atoms with Gasteiger partial charge in [-0.15, -0.1) is 11.3 Å². The molecule has 1 unspecified atom stereocenters. The van der Waals surface area contributed by atoms with Gasteiger partial charge in [-0.05, 0) is 18.4 Å². The molecule has 0 saturated heterocycles. The van der Waals surface area contributed by atoms with Crippen molar-refractivity contribution in [2.24, 2.45) is 0 Å². The lowest BCUT2D eigenvalue weighted by molar-refractivity contribution is 0.219. The van der Waals surface area contributed by atoms with Gasteiger partial charge in [0.05, 0.1) is 5.69 Å². The maximum Gasteiger partial charge on any atom is 0.131 e. The Balaban J connectivity index is 1.87. The molecule has 2 aromatic rings. The number of hydrogen-bond acceptors (Lipinski definition) is 3. The first kappa shape index (κ1) is 10.9. The average Bonchev–Trinajstić information content (AvgIpc) is 2.94. The zero-order chi connectivity index (χ0) is 11.9. The van der Waals surface area contributed by atoms with Crippen LogP contribution < -0.4 is 0 Å². The molecule has 1 fully saturated rings. The third kappa shape index (κ3) is 2.01. The Hall–Kier alpha value is -1.19. The molecule has 0 aliphatic heterocycles. The third-order valence-electron chi connectivity index (χ3n) is 3.49. The molecule has 1 aliphatic rings. The van der Waals surface area contributed by atoms with E-state index in [2.05, 4.69) is 17.3 Å². The molecular formula is C14H15NOS. The van der Waals surface area contributed by atoms with Crippen LogP contribution in [0.1, 0.15) is 42.1 Å². The minimum absolute atomic E-state index is 0.283. The highest BCUT2D eigenvalue weighted by Crippen LogP contribution is 2.48. The van der Waals surface area contributed by atoms with Crippen molar-refractivity contribution in [3.05, 3.63) is 52.0 Å². The smallest absolute Gasteiger partial charge is 0.131 e. The van der Waals surface area contributed by atoms with Crippen LogP contribution in [0, 0.1) is 0 Å². The summed E-state index contributed by atoms with van der Waals surface area (Å²) in [6, 6.07) is 9.70. The first-order valence-corrected chi connectivity index (χ1v) is 6.76. The molecule has 1 saturated carbocycles. The maximum absolute atomic E-state index is 10.2. The highest BCUT2D eigenvalue weighted by molar-refractivity contribution is 7.09. The number of hydrogen-bond donors (Lipinski definition) is 1. The van der Waals surface area contributed by atoms with Crippen LogP contribution in [0.3, 0.4) is 0 Å². The average molecular weight is 245 g/mol. The van der Waals surface area contributed by atoms with Gasteiger partial charge in [0, 0.05) is 10.8 Å². The summed E-state index contributed by atoms with van der Waals surface area (Å²) >= 11 is 1.56. The van der Waals surface area contributed by atoms with Crippen LogP contribution >= 0.6 is 11.3 Å². The molecule has 0 spiro atoms. The summed E-state index contributed by atoms with van der Waals surface area (Å²) in [5.41, 5.74) is 2.34. The molecule has 1 heterocycles. The van der Waals surface area contributed by atoms with Gasteiger partial charge in [-0.3, -0.25) is 0 Å². The van der Waals surface area contributed by atoms with Crippen molar-refractivity contribution < 1.29 is 5.11 Å². The number of rotatable bonds is 3. The van der Waals surface area contributed by atoms with Crippen LogP contribution in [0.15, 0.2) is 35.7 Å². The SMILES string of the molecule is CC1(c2csc(C(O)c3ccccc3)n2)CC1. The number of aliphatic hydroxyl groups excluding tert-OH is 1. The fourth-order valence-electron chi connectivity index (χ4n) is 1.91. The number of benzene rings is 1. The predicted octanol–water partition coefficient (Wildman–Crippen LogP) is 3.28. The Morgan fingerprint density at radius 1 is 1.29 bits per heavy atom. The second-order valence-corrected chi connectivity index (χ2v) is 5.83. The van der Waals surface area contributed by atoms with Gasteiger partial charge >= 0.3 is 0 Å². The summed E-state index contributed by atoms with van der Waals surface area (Å²) in [4.78, 5) is 4.59. The molecule has 1 N–H and O–H groups in total. The molecule has 2 nitrogen and oxygen atoms in total. The minimum Gasteiger partial charge on any atom is -0.381 e. The van der Waals surface area contributed by atoms with E-state index in [1.807, 2.05) is 30.3 Å². The van der Waals surface area contributed by atoms with E-state index in [-0.39, 0.29) is 5.41 Å². The molecule has 0 bridgehead atoms. The van der Waals surface area contributed by atoms with E-state index in [1.165, 1.54) is 12.8 Å². The highest BCUT2D eigenvalue weighted by Gasteiger charge is 2.41. The third-order valence-corrected chi connectivity index (χ3v) is 4.39. The van der Waals surface area contributed by atoms with Crippen molar-refractivity contribution in [3.63, 3.8) is 0 Å². The summed E-state index contributed by atoms with van der Waals surface area (Å²) in [5.74, 6) is 0. The Morgan fingerprint density at radius 2 is 2.00 bits per heavy atom. The van der Waals surface area contributed by atoms with Crippen LogP contribution in [-0.2, 0) is 5.41 Å². The van der Waals surface area contributed by atoms with Crippen molar-refractivity contribution in [1.29, 1.82) is 0 Å². The van der Waals surface area contributed by atoms with E-state index in [9.17, 15) is 5.11 Å². The van der Waals surface area contributed by atoms with Gasteiger partial charge in [0.1, 0.15) is 11.1 Å². The van der Waals surface area contributed by atoms with Gasteiger partial charge in [0.2, 0.25) is 0 Å². The zero-order valence-electron chi connectivity index (χ0n) is 9.76. The Morgan fingerprint density at radius 3 is 2.65 bits per heavy atom. The molecular weight excluding hydrogens is 230 g/mol. The Labute approximate surface area is 105 Å². The van der Waals surface area contributed by atoms with E-state index < -0.39 is 6.10 Å². The van der Waals surface area contributed by atoms with Crippen molar-refractivity contribution >= 4 is 11.3 Å². The summed E-state index contributed by atoms with van der Waals surface area (Å²) in [7, 11) is 0. The van der Waals surface area contributed by atoms with E-state index in [0.29, 0.717) is 0 Å². The van der Waals surface area contributed by atoms with Crippen LogP contribution in [0.25, 0.3) is 0 Å². The van der Waals surface area contributed by atoms with Crippen molar-refractivity contribution in [2.45, 2.75) is 31.3 Å². The van der Waals surface area contributed by atoms with Gasteiger partial charge in [-0.2, -0.15) is 0 Å². The standard InChI is InChI=1S/C14H15NOS/c1-14(7-8-14)11-9-17-13(15-11)12(16)10-5-3-2-4-6-10/h2-6,9,12,16H,7-8H2,1H3. The largest absolute Gasteiger partial charge is 0.381 e. The topological polar surface area (TPSA) is 33.1 Å². The van der Waals surface area contributed by atoms with E-state index >= 15 is 0 Å². The van der Waals surface area contributed by atoms with Crippen LogP contribution in [-0.4, -0.2) is 10.1 Å². The zero-order valence-corrected chi connectivity index (χ0v) is 10.6. The van der Waals surface area contributed by atoms with Crippen molar-refractivity contribution in [2.75, 3.05) is 0 Å². The maximum atomic E-state index is 10.2. The molecule has 3 heteroatoms. The predicted molar refractivity (Wildman–Crippen MR) is 69.2 cm³/mol. The first-order chi connectivity index (χ1) is 8.19. The first-order valence-electron chi connectivity index (χ1n) is 5.88. The summed E-state index contributed by atoms with van der Waals surface area (Å²) < 4.78 is 0. The van der Waals surface area contributed by atoms with E-state index in [1.54, 1.807) is 11.3 Å². The van der Waals surface area contributed by atoms with Crippen molar-refractivity contribution in [3.8, 4) is 0 Å². The fourth-order valence-corrected chi connectivity index (χ4v) is 2.90. The van der Waals surface area contributed by atoms with Gasteiger partial charge in [-0.25, -0.2) is 4.98 Å². The summed E-state index contributed by atoms with van der Waals surface area (Å²) in [5, 5.41) is 13.1. The molecule has 0 radical (unpaired) electrons.